The van der Waals surface area contributed by atoms with Crippen molar-refractivity contribution in [1.82, 2.24) is 10.2 Å². The standard InChI is InChI=1S/C14H24N2S/c1-4-15-10-12-16(2)11-9-13-5-7-14(17-3)8-6-13/h5-8,15H,4,9-12H2,1-3H3. The second-order valence-electron chi connectivity index (χ2n) is 4.25. The van der Waals surface area contributed by atoms with Crippen LogP contribution in [0.4, 0.5) is 0 Å². The molecule has 1 aromatic carbocycles. The first-order valence-corrected chi connectivity index (χ1v) is 7.51. The van der Waals surface area contributed by atoms with Crippen molar-refractivity contribution in [3.05, 3.63) is 29.8 Å². The molecule has 1 rings (SSSR count). The number of hydrogen-bond acceptors (Lipinski definition) is 3. The molecular weight excluding hydrogens is 228 g/mol. The summed E-state index contributed by atoms with van der Waals surface area (Å²) in [6.07, 6.45) is 3.25. The van der Waals surface area contributed by atoms with Crippen LogP contribution in [0.2, 0.25) is 0 Å². The van der Waals surface area contributed by atoms with Gasteiger partial charge in [0.25, 0.3) is 0 Å². The third-order valence-corrected chi connectivity index (χ3v) is 3.61. The maximum Gasteiger partial charge on any atom is 0.0104 e. The van der Waals surface area contributed by atoms with Gasteiger partial charge >= 0.3 is 0 Å². The fourth-order valence-electron chi connectivity index (χ4n) is 1.67. The zero-order valence-corrected chi connectivity index (χ0v) is 12.0. The van der Waals surface area contributed by atoms with Crippen LogP contribution in [-0.4, -0.2) is 44.4 Å². The number of likely N-dealkylation sites (N-methyl/N-ethyl adjacent to an activating group) is 2. The molecule has 0 aromatic heterocycles. The molecule has 0 fully saturated rings. The summed E-state index contributed by atoms with van der Waals surface area (Å²) in [5.41, 5.74) is 1.43. The average molecular weight is 252 g/mol. The number of rotatable bonds is 8. The molecule has 0 saturated carbocycles. The van der Waals surface area contributed by atoms with Crippen LogP contribution < -0.4 is 5.32 Å². The molecular formula is C14H24N2S. The zero-order chi connectivity index (χ0) is 12.5. The summed E-state index contributed by atoms with van der Waals surface area (Å²) in [5, 5.41) is 3.35. The lowest BCUT2D eigenvalue weighted by Gasteiger charge is -2.16. The van der Waals surface area contributed by atoms with Gasteiger partial charge in [0.15, 0.2) is 0 Å². The van der Waals surface area contributed by atoms with E-state index in [1.54, 1.807) is 11.8 Å². The highest BCUT2D eigenvalue weighted by molar-refractivity contribution is 7.98. The maximum absolute atomic E-state index is 3.35. The second-order valence-corrected chi connectivity index (χ2v) is 5.13. The van der Waals surface area contributed by atoms with E-state index >= 15 is 0 Å². The fourth-order valence-corrected chi connectivity index (χ4v) is 2.08. The van der Waals surface area contributed by atoms with Crippen molar-refractivity contribution in [2.45, 2.75) is 18.2 Å². The summed E-state index contributed by atoms with van der Waals surface area (Å²) in [4.78, 5) is 3.72. The Morgan fingerprint density at radius 1 is 1.18 bits per heavy atom. The Kier molecular flexibility index (Phi) is 7.33. The van der Waals surface area contributed by atoms with Crippen LogP contribution in [0.5, 0.6) is 0 Å². The van der Waals surface area contributed by atoms with E-state index in [1.807, 2.05) is 0 Å². The maximum atomic E-state index is 3.35. The van der Waals surface area contributed by atoms with Gasteiger partial charge < -0.3 is 10.2 Å². The largest absolute Gasteiger partial charge is 0.316 e. The van der Waals surface area contributed by atoms with Gasteiger partial charge in [-0.3, -0.25) is 0 Å². The van der Waals surface area contributed by atoms with Gasteiger partial charge in [-0.05, 0) is 44.0 Å². The summed E-state index contributed by atoms with van der Waals surface area (Å²) in [5.74, 6) is 0. The Balaban J connectivity index is 2.24. The molecule has 0 unspecified atom stereocenters. The van der Waals surface area contributed by atoms with E-state index < -0.39 is 0 Å². The minimum absolute atomic E-state index is 1.06. The number of benzene rings is 1. The van der Waals surface area contributed by atoms with Gasteiger partial charge in [0.2, 0.25) is 0 Å². The highest BCUT2D eigenvalue weighted by Gasteiger charge is 1.99. The zero-order valence-electron chi connectivity index (χ0n) is 11.2. The summed E-state index contributed by atoms with van der Waals surface area (Å²) in [6, 6.07) is 8.89. The van der Waals surface area contributed by atoms with E-state index in [0.717, 1.165) is 32.6 Å². The lowest BCUT2D eigenvalue weighted by molar-refractivity contribution is 0.337. The van der Waals surface area contributed by atoms with Crippen molar-refractivity contribution < 1.29 is 0 Å². The molecule has 3 heteroatoms. The van der Waals surface area contributed by atoms with Crippen molar-refractivity contribution >= 4 is 11.8 Å². The van der Waals surface area contributed by atoms with Crippen LogP contribution >= 0.6 is 11.8 Å². The van der Waals surface area contributed by atoms with Gasteiger partial charge in [-0.15, -0.1) is 11.8 Å². The van der Waals surface area contributed by atoms with Crippen molar-refractivity contribution in [2.24, 2.45) is 0 Å². The van der Waals surface area contributed by atoms with Gasteiger partial charge in [-0.25, -0.2) is 0 Å². The van der Waals surface area contributed by atoms with E-state index in [0.29, 0.717) is 0 Å². The molecule has 17 heavy (non-hydrogen) atoms. The highest BCUT2D eigenvalue weighted by Crippen LogP contribution is 2.15. The molecule has 0 aliphatic rings. The summed E-state index contributed by atoms with van der Waals surface area (Å²) >= 11 is 1.80. The quantitative estimate of drug-likeness (QED) is 0.565. The van der Waals surface area contributed by atoms with Crippen LogP contribution in [0.15, 0.2) is 29.2 Å². The van der Waals surface area contributed by atoms with Gasteiger partial charge in [0, 0.05) is 24.5 Å². The Hall–Kier alpha value is -0.510. The van der Waals surface area contributed by atoms with Crippen LogP contribution in [0.1, 0.15) is 12.5 Å². The normalized spacial score (nSPS) is 11.1. The molecule has 1 N–H and O–H groups in total. The average Bonchev–Trinajstić information content (AvgIpc) is 2.37. The minimum atomic E-state index is 1.06. The molecule has 0 atom stereocenters. The molecule has 0 radical (unpaired) electrons. The number of hydrogen-bond donors (Lipinski definition) is 1. The lowest BCUT2D eigenvalue weighted by atomic mass is 10.1. The topological polar surface area (TPSA) is 15.3 Å². The summed E-state index contributed by atoms with van der Waals surface area (Å²) in [7, 11) is 2.19. The molecule has 0 amide bonds. The minimum Gasteiger partial charge on any atom is -0.316 e. The Morgan fingerprint density at radius 2 is 1.88 bits per heavy atom. The first-order chi connectivity index (χ1) is 8.26. The molecule has 0 spiro atoms. The molecule has 0 heterocycles. The van der Waals surface area contributed by atoms with Crippen molar-refractivity contribution in [3.8, 4) is 0 Å². The summed E-state index contributed by atoms with van der Waals surface area (Å²) < 4.78 is 0. The van der Waals surface area contributed by atoms with Gasteiger partial charge in [-0.2, -0.15) is 0 Å². The van der Waals surface area contributed by atoms with Crippen LogP contribution in [0.25, 0.3) is 0 Å². The SMILES string of the molecule is CCNCCN(C)CCc1ccc(SC)cc1. The van der Waals surface area contributed by atoms with Crippen molar-refractivity contribution in [2.75, 3.05) is 39.5 Å². The van der Waals surface area contributed by atoms with Crippen LogP contribution in [0, 0.1) is 0 Å². The van der Waals surface area contributed by atoms with Crippen molar-refractivity contribution in [1.29, 1.82) is 0 Å². The molecule has 0 bridgehead atoms. The Labute approximate surface area is 110 Å². The van der Waals surface area contributed by atoms with Crippen molar-refractivity contribution in [3.63, 3.8) is 0 Å². The van der Waals surface area contributed by atoms with Gasteiger partial charge in [-0.1, -0.05) is 19.1 Å². The molecule has 0 aliphatic heterocycles. The highest BCUT2D eigenvalue weighted by atomic mass is 32.2. The summed E-state index contributed by atoms with van der Waals surface area (Å²) in [6.45, 7) is 6.54. The number of nitrogens with zero attached hydrogens (tertiary/aromatic N) is 1. The van der Waals surface area contributed by atoms with Crippen LogP contribution in [-0.2, 0) is 6.42 Å². The third kappa shape index (κ3) is 6.10. The van der Waals surface area contributed by atoms with E-state index in [1.165, 1.54) is 10.5 Å². The Morgan fingerprint density at radius 3 is 2.47 bits per heavy atom. The second kappa shape index (κ2) is 8.56. The molecule has 2 nitrogen and oxygen atoms in total. The first-order valence-electron chi connectivity index (χ1n) is 6.28. The monoisotopic (exact) mass is 252 g/mol. The Bertz CT molecular complexity index is 298. The number of thioether (sulfide) groups is 1. The predicted octanol–water partition coefficient (Wildman–Crippen LogP) is 2.49. The molecule has 0 aliphatic carbocycles. The molecule has 96 valence electrons. The third-order valence-electron chi connectivity index (χ3n) is 2.86. The molecule has 0 saturated heterocycles. The molecule has 1 aromatic rings. The fraction of sp³-hybridized carbons (Fsp3) is 0.571. The van der Waals surface area contributed by atoms with E-state index in [-0.39, 0.29) is 0 Å². The smallest absolute Gasteiger partial charge is 0.0104 e. The van der Waals surface area contributed by atoms with Crippen LogP contribution in [0.3, 0.4) is 0 Å². The van der Waals surface area contributed by atoms with E-state index in [2.05, 4.69) is 54.7 Å². The number of nitrogens with one attached hydrogen (secondary N) is 1. The van der Waals surface area contributed by atoms with E-state index in [4.69, 9.17) is 0 Å². The predicted molar refractivity (Wildman–Crippen MR) is 78.0 cm³/mol. The van der Waals surface area contributed by atoms with Gasteiger partial charge in [0.05, 0.1) is 0 Å². The first kappa shape index (κ1) is 14.6. The van der Waals surface area contributed by atoms with E-state index in [9.17, 15) is 0 Å². The van der Waals surface area contributed by atoms with Gasteiger partial charge in [0.1, 0.15) is 0 Å². The lowest BCUT2D eigenvalue weighted by Crippen LogP contribution is -2.30.